The predicted molar refractivity (Wildman–Crippen MR) is 115 cm³/mol. The zero-order valence-corrected chi connectivity index (χ0v) is 17.7. The summed E-state index contributed by atoms with van der Waals surface area (Å²) < 4.78 is 9.69. The Morgan fingerprint density at radius 2 is 1.72 bits per heavy atom. The van der Waals surface area contributed by atoms with E-state index in [9.17, 15) is 5.11 Å². The molecular weight excluding hydrogens is 364 g/mol. The van der Waals surface area contributed by atoms with Gasteiger partial charge >= 0.3 is 0 Å². The maximum absolute atomic E-state index is 10.6. The highest BCUT2D eigenvalue weighted by Gasteiger charge is 2.15. The fourth-order valence-corrected chi connectivity index (χ4v) is 3.74. The summed E-state index contributed by atoms with van der Waals surface area (Å²) in [7, 11) is 0. The first-order valence-corrected chi connectivity index (χ1v) is 10.5. The van der Waals surface area contributed by atoms with Gasteiger partial charge in [0.05, 0.1) is 43.8 Å². The minimum Gasteiger partial charge on any atom is -0.491 e. The van der Waals surface area contributed by atoms with Crippen LogP contribution in [0.4, 0.5) is 0 Å². The lowest BCUT2D eigenvalue weighted by Gasteiger charge is -2.16. The number of nitrogens with one attached hydrogen (secondary N) is 2. The molecule has 3 aromatic rings. The van der Waals surface area contributed by atoms with Gasteiger partial charge in [0.2, 0.25) is 5.62 Å². The van der Waals surface area contributed by atoms with Gasteiger partial charge in [-0.25, -0.2) is 0 Å². The molecule has 6 heteroatoms. The van der Waals surface area contributed by atoms with Gasteiger partial charge in [0.1, 0.15) is 18.5 Å². The Morgan fingerprint density at radius 3 is 2.38 bits per heavy atom. The fraction of sp³-hybridized carbons (Fsp3) is 0.435. The van der Waals surface area contributed by atoms with Crippen molar-refractivity contribution in [3.63, 3.8) is 0 Å². The zero-order chi connectivity index (χ0) is 20.8. The van der Waals surface area contributed by atoms with Crippen molar-refractivity contribution in [3.8, 4) is 5.75 Å². The molecule has 1 heterocycles. The van der Waals surface area contributed by atoms with Crippen LogP contribution in [-0.4, -0.2) is 46.6 Å². The fourth-order valence-electron chi connectivity index (χ4n) is 3.74. The van der Waals surface area contributed by atoms with Crippen LogP contribution in [-0.2, 0) is 13.1 Å². The van der Waals surface area contributed by atoms with E-state index >= 15 is 0 Å². The Kier molecular flexibility index (Phi) is 7.12. The second-order valence-electron chi connectivity index (χ2n) is 7.56. The number of fused-ring (bicyclic) bond motifs is 1. The van der Waals surface area contributed by atoms with Gasteiger partial charge in [0.25, 0.3) is 0 Å². The second-order valence-corrected chi connectivity index (χ2v) is 7.56. The van der Waals surface area contributed by atoms with Gasteiger partial charge in [-0.15, -0.1) is 0 Å². The number of hydrogen-bond donors (Lipinski definition) is 3. The van der Waals surface area contributed by atoms with E-state index in [4.69, 9.17) is 10.1 Å². The maximum Gasteiger partial charge on any atom is 0.203 e. The van der Waals surface area contributed by atoms with E-state index in [-0.39, 0.29) is 6.61 Å². The third-order valence-electron chi connectivity index (χ3n) is 5.49. The Labute approximate surface area is 172 Å². The van der Waals surface area contributed by atoms with Crippen molar-refractivity contribution in [1.29, 1.82) is 5.41 Å². The number of aryl methyl sites for hydroxylation is 1. The van der Waals surface area contributed by atoms with E-state index < -0.39 is 6.10 Å². The normalized spacial score (nSPS) is 12.6. The van der Waals surface area contributed by atoms with E-state index in [0.29, 0.717) is 12.2 Å². The number of imidazole rings is 1. The molecule has 0 aliphatic rings. The first-order chi connectivity index (χ1) is 14.0. The molecule has 0 radical (unpaired) electrons. The number of nitrogens with zero attached hydrogens (tertiary/aromatic N) is 2. The third-order valence-corrected chi connectivity index (χ3v) is 5.49. The lowest BCUT2D eigenvalue weighted by molar-refractivity contribution is -0.897. The van der Waals surface area contributed by atoms with Crippen molar-refractivity contribution in [2.24, 2.45) is 0 Å². The number of aliphatic hydroxyl groups excluding tert-OH is 1. The molecule has 1 aromatic heterocycles. The molecule has 3 N–H and O–H groups in total. The van der Waals surface area contributed by atoms with Crippen LogP contribution in [0.5, 0.6) is 5.75 Å². The van der Waals surface area contributed by atoms with Crippen LogP contribution >= 0.6 is 0 Å². The van der Waals surface area contributed by atoms with Gasteiger partial charge in [0.15, 0.2) is 0 Å². The lowest BCUT2D eigenvalue weighted by atomic mass is 10.2. The number of rotatable bonds is 10. The molecule has 0 aliphatic heterocycles. The molecule has 156 valence electrons. The summed E-state index contributed by atoms with van der Waals surface area (Å²) >= 11 is 0. The molecule has 2 aromatic carbocycles. The number of ether oxygens (including phenoxy) is 1. The number of para-hydroxylation sites is 2. The lowest BCUT2D eigenvalue weighted by Crippen LogP contribution is -3.11. The van der Waals surface area contributed by atoms with Gasteiger partial charge < -0.3 is 23.9 Å². The molecule has 6 nitrogen and oxygen atoms in total. The molecule has 0 fully saturated rings. The van der Waals surface area contributed by atoms with Gasteiger partial charge in [-0.05, 0) is 50.6 Å². The number of quaternary nitrogens is 1. The first kappa shape index (κ1) is 21.1. The van der Waals surface area contributed by atoms with Crippen molar-refractivity contribution in [2.45, 2.75) is 40.0 Å². The predicted octanol–water partition coefficient (Wildman–Crippen LogP) is 1.60. The van der Waals surface area contributed by atoms with E-state index in [0.717, 1.165) is 48.5 Å². The Bertz CT molecular complexity index is 988. The highest BCUT2D eigenvalue weighted by atomic mass is 16.5. The molecule has 29 heavy (non-hydrogen) atoms. The zero-order valence-electron chi connectivity index (χ0n) is 17.7. The molecule has 0 saturated heterocycles. The number of aromatic nitrogens is 2. The summed E-state index contributed by atoms with van der Waals surface area (Å²) in [6.07, 6.45) is -0.697. The summed E-state index contributed by atoms with van der Waals surface area (Å²) in [5, 5.41) is 19.3. The van der Waals surface area contributed by atoms with E-state index in [1.807, 2.05) is 54.0 Å². The molecule has 1 unspecified atom stereocenters. The number of benzene rings is 2. The summed E-state index contributed by atoms with van der Waals surface area (Å²) in [5.41, 5.74) is 3.56. The van der Waals surface area contributed by atoms with Crippen molar-refractivity contribution in [1.82, 2.24) is 9.13 Å². The summed E-state index contributed by atoms with van der Waals surface area (Å²) in [4.78, 5) is 1.51. The largest absolute Gasteiger partial charge is 0.491 e. The molecular formula is C23H33N4O2+. The van der Waals surface area contributed by atoms with Gasteiger partial charge in [0, 0.05) is 0 Å². The molecule has 1 atom stereocenters. The minimum atomic E-state index is -0.697. The van der Waals surface area contributed by atoms with E-state index in [1.54, 1.807) is 0 Å². The van der Waals surface area contributed by atoms with Crippen LogP contribution in [0.25, 0.3) is 11.0 Å². The van der Waals surface area contributed by atoms with E-state index in [1.165, 1.54) is 4.90 Å². The van der Waals surface area contributed by atoms with Crippen LogP contribution in [0.1, 0.15) is 19.4 Å². The maximum atomic E-state index is 10.6. The molecule has 3 rings (SSSR count). The van der Waals surface area contributed by atoms with Crippen LogP contribution in [0.2, 0.25) is 0 Å². The van der Waals surface area contributed by atoms with Crippen molar-refractivity contribution in [2.75, 3.05) is 26.2 Å². The van der Waals surface area contributed by atoms with E-state index in [2.05, 4.69) is 24.5 Å². The summed E-state index contributed by atoms with van der Waals surface area (Å²) in [5.74, 6) is 0.754. The number of likely N-dealkylation sites (N-methyl/N-ethyl adjacent to an activating group) is 1. The Morgan fingerprint density at radius 1 is 1.03 bits per heavy atom. The highest BCUT2D eigenvalue weighted by molar-refractivity contribution is 5.75. The average Bonchev–Trinajstić information content (AvgIpc) is 2.99. The first-order valence-electron chi connectivity index (χ1n) is 10.5. The number of hydrogen-bond acceptors (Lipinski definition) is 3. The SMILES string of the molecule is CC[NH+](CC)CCn1c(=N)n(CC(O)COc2cccc(C)c2)c2ccccc21. The topological polar surface area (TPSA) is 67.6 Å². The van der Waals surface area contributed by atoms with Crippen molar-refractivity contribution < 1.29 is 14.7 Å². The molecule has 0 amide bonds. The van der Waals surface area contributed by atoms with Crippen LogP contribution in [0.15, 0.2) is 48.5 Å². The summed E-state index contributed by atoms with van der Waals surface area (Å²) in [6, 6.07) is 15.9. The molecule has 0 saturated carbocycles. The van der Waals surface area contributed by atoms with Crippen LogP contribution < -0.4 is 15.3 Å². The standard InChI is InChI=1S/C23H32N4O2/c1-4-25(5-2)13-14-26-21-11-6-7-12-22(21)27(23(26)24)16-19(28)17-29-20-10-8-9-18(3)15-20/h6-12,15,19,24,28H,4-5,13-14,16-17H2,1-3H3/p+1. The molecule has 0 bridgehead atoms. The molecule has 0 aliphatic carbocycles. The van der Waals surface area contributed by atoms with Crippen molar-refractivity contribution >= 4 is 11.0 Å². The quantitative estimate of drug-likeness (QED) is 0.486. The second kappa shape index (κ2) is 9.76. The van der Waals surface area contributed by atoms with Gasteiger partial charge in [-0.2, -0.15) is 0 Å². The monoisotopic (exact) mass is 397 g/mol. The van der Waals surface area contributed by atoms with Gasteiger partial charge in [-0.1, -0.05) is 24.3 Å². The smallest absolute Gasteiger partial charge is 0.203 e. The Balaban J connectivity index is 1.76. The third kappa shape index (κ3) is 5.08. The highest BCUT2D eigenvalue weighted by Crippen LogP contribution is 2.15. The van der Waals surface area contributed by atoms with Crippen LogP contribution in [0, 0.1) is 12.3 Å². The van der Waals surface area contributed by atoms with Gasteiger partial charge in [-0.3, -0.25) is 5.41 Å². The average molecular weight is 398 g/mol. The minimum absolute atomic E-state index is 0.193. The molecule has 0 spiro atoms. The Hall–Kier alpha value is -2.57. The number of aliphatic hydroxyl groups is 1. The summed E-state index contributed by atoms with van der Waals surface area (Å²) in [6.45, 7) is 10.9. The van der Waals surface area contributed by atoms with Crippen LogP contribution in [0.3, 0.4) is 0 Å². The van der Waals surface area contributed by atoms with Crippen molar-refractivity contribution in [3.05, 3.63) is 59.7 Å².